The summed E-state index contributed by atoms with van der Waals surface area (Å²) in [6.45, 7) is 3.24. The number of halogens is 1. The predicted octanol–water partition coefficient (Wildman–Crippen LogP) is 2.78. The summed E-state index contributed by atoms with van der Waals surface area (Å²) >= 11 is 5.99. The number of benzene rings is 1. The fraction of sp³-hybridized carbons (Fsp3) is 0.250. The van der Waals surface area contributed by atoms with E-state index in [1.165, 1.54) is 26.2 Å². The van der Waals surface area contributed by atoms with E-state index in [9.17, 15) is 14.4 Å². The summed E-state index contributed by atoms with van der Waals surface area (Å²) in [5, 5.41) is 4.43. The first-order valence-corrected chi connectivity index (χ1v) is 7.84. The van der Waals surface area contributed by atoms with Crippen LogP contribution in [-0.2, 0) is 4.74 Å². The van der Waals surface area contributed by atoms with Gasteiger partial charge in [-0.2, -0.15) is 0 Å². The molecule has 26 heavy (non-hydrogen) atoms. The van der Waals surface area contributed by atoms with Crippen LogP contribution in [0.2, 0.25) is 5.02 Å². The molecule has 2 aromatic rings. The highest BCUT2D eigenvalue weighted by atomic mass is 35.5. The van der Waals surface area contributed by atoms with Gasteiger partial charge in [0.05, 0.1) is 18.7 Å². The highest BCUT2D eigenvalue weighted by Crippen LogP contribution is 2.26. The van der Waals surface area contributed by atoms with Crippen LogP contribution in [0.1, 0.15) is 33.7 Å². The van der Waals surface area contributed by atoms with Gasteiger partial charge in [0.1, 0.15) is 11.3 Å². The second-order valence-electron chi connectivity index (χ2n) is 4.86. The minimum Gasteiger partial charge on any atom is -0.496 e. The largest absolute Gasteiger partial charge is 0.496 e. The minimum absolute atomic E-state index is 0.00816. The number of carbonyl (C=O) groups excluding carboxylic acids is 3. The molecule has 2 rings (SSSR count). The van der Waals surface area contributed by atoms with Crippen LogP contribution in [0.4, 0.5) is 10.7 Å². The highest BCUT2D eigenvalue weighted by Gasteiger charge is 2.24. The standard InChI is InChI=1S/C16H16ClN3O6/c1-4-25-15(22)12-14(26-8(2)18-12)20-16(23)19-13(21)11-9(17)6-5-7-10(11)24-3/h5-7H,4H2,1-3H3,(H2,19,20,21,23). The maximum absolute atomic E-state index is 12.3. The summed E-state index contributed by atoms with van der Waals surface area (Å²) in [5.41, 5.74) is -0.214. The normalized spacial score (nSPS) is 10.2. The van der Waals surface area contributed by atoms with Crippen LogP contribution >= 0.6 is 11.6 Å². The molecule has 9 nitrogen and oxygen atoms in total. The third-order valence-corrected chi connectivity index (χ3v) is 3.39. The first-order chi connectivity index (χ1) is 12.4. The first kappa shape index (κ1) is 19.3. The van der Waals surface area contributed by atoms with Crippen LogP contribution in [0, 0.1) is 6.92 Å². The van der Waals surface area contributed by atoms with Crippen molar-refractivity contribution in [2.75, 3.05) is 19.0 Å². The number of anilines is 1. The van der Waals surface area contributed by atoms with E-state index in [1.807, 2.05) is 0 Å². The monoisotopic (exact) mass is 381 g/mol. The molecular formula is C16H16ClN3O6. The Morgan fingerprint density at radius 2 is 2.04 bits per heavy atom. The molecule has 138 valence electrons. The quantitative estimate of drug-likeness (QED) is 0.764. The van der Waals surface area contributed by atoms with Crippen LogP contribution in [0.5, 0.6) is 5.75 Å². The Morgan fingerprint density at radius 3 is 2.69 bits per heavy atom. The third kappa shape index (κ3) is 4.31. The number of urea groups is 1. The fourth-order valence-corrected chi connectivity index (χ4v) is 2.30. The molecule has 1 aromatic carbocycles. The average molecular weight is 382 g/mol. The Hall–Kier alpha value is -3.07. The van der Waals surface area contributed by atoms with E-state index in [2.05, 4.69) is 15.6 Å². The number of aryl methyl sites for hydroxylation is 1. The summed E-state index contributed by atoms with van der Waals surface area (Å²) in [7, 11) is 1.37. The van der Waals surface area contributed by atoms with Gasteiger partial charge in [-0.25, -0.2) is 14.6 Å². The number of oxazole rings is 1. The molecule has 2 N–H and O–H groups in total. The van der Waals surface area contributed by atoms with Gasteiger partial charge in [-0.05, 0) is 19.1 Å². The number of methoxy groups -OCH3 is 1. The van der Waals surface area contributed by atoms with Gasteiger partial charge in [0.2, 0.25) is 11.6 Å². The number of imide groups is 1. The van der Waals surface area contributed by atoms with E-state index in [4.69, 9.17) is 25.5 Å². The van der Waals surface area contributed by atoms with Crippen molar-refractivity contribution in [3.63, 3.8) is 0 Å². The Bertz CT molecular complexity index is 849. The summed E-state index contributed by atoms with van der Waals surface area (Å²) in [6, 6.07) is 3.66. The summed E-state index contributed by atoms with van der Waals surface area (Å²) in [5.74, 6) is -1.46. The highest BCUT2D eigenvalue weighted by molar-refractivity contribution is 6.34. The van der Waals surface area contributed by atoms with Crippen molar-refractivity contribution in [1.29, 1.82) is 0 Å². The molecular weight excluding hydrogens is 366 g/mol. The van der Waals surface area contributed by atoms with Crippen LogP contribution in [-0.4, -0.2) is 36.6 Å². The van der Waals surface area contributed by atoms with Gasteiger partial charge in [-0.3, -0.25) is 15.4 Å². The van der Waals surface area contributed by atoms with Crippen molar-refractivity contribution in [3.8, 4) is 5.75 Å². The lowest BCUT2D eigenvalue weighted by Crippen LogP contribution is -2.35. The van der Waals surface area contributed by atoms with E-state index >= 15 is 0 Å². The fourth-order valence-electron chi connectivity index (χ4n) is 2.04. The van der Waals surface area contributed by atoms with Gasteiger partial charge in [0.15, 0.2) is 5.89 Å². The van der Waals surface area contributed by atoms with E-state index in [0.29, 0.717) is 0 Å². The van der Waals surface area contributed by atoms with E-state index in [-0.39, 0.29) is 40.4 Å². The van der Waals surface area contributed by atoms with Gasteiger partial charge in [-0.1, -0.05) is 17.7 Å². The number of hydrogen-bond acceptors (Lipinski definition) is 7. The van der Waals surface area contributed by atoms with Gasteiger partial charge < -0.3 is 13.9 Å². The molecule has 0 aliphatic carbocycles. The van der Waals surface area contributed by atoms with Gasteiger partial charge in [-0.15, -0.1) is 0 Å². The van der Waals surface area contributed by atoms with Crippen LogP contribution < -0.4 is 15.4 Å². The minimum atomic E-state index is -0.946. The lowest BCUT2D eigenvalue weighted by molar-refractivity contribution is 0.0521. The topological polar surface area (TPSA) is 120 Å². The number of amides is 3. The van der Waals surface area contributed by atoms with Crippen molar-refractivity contribution in [2.24, 2.45) is 0 Å². The van der Waals surface area contributed by atoms with E-state index < -0.39 is 17.9 Å². The van der Waals surface area contributed by atoms with E-state index in [1.54, 1.807) is 13.0 Å². The molecule has 3 amide bonds. The third-order valence-electron chi connectivity index (χ3n) is 3.08. The van der Waals surface area contributed by atoms with Gasteiger partial charge in [0.25, 0.3) is 5.91 Å². The number of ether oxygens (including phenoxy) is 2. The molecule has 0 radical (unpaired) electrons. The zero-order valence-corrected chi connectivity index (χ0v) is 15.0. The zero-order valence-electron chi connectivity index (χ0n) is 14.2. The Morgan fingerprint density at radius 1 is 1.31 bits per heavy atom. The molecule has 0 aliphatic heterocycles. The van der Waals surface area contributed by atoms with Crippen LogP contribution in [0.15, 0.2) is 22.6 Å². The van der Waals surface area contributed by atoms with Crippen molar-refractivity contribution < 1.29 is 28.3 Å². The molecule has 0 fully saturated rings. The number of nitrogens with zero attached hydrogens (tertiary/aromatic N) is 1. The van der Waals surface area contributed by atoms with Crippen molar-refractivity contribution in [1.82, 2.24) is 10.3 Å². The maximum Gasteiger partial charge on any atom is 0.362 e. The second-order valence-corrected chi connectivity index (χ2v) is 5.26. The number of carbonyl (C=O) groups is 3. The Labute approximate surface area is 153 Å². The number of aromatic nitrogens is 1. The molecule has 0 spiro atoms. The van der Waals surface area contributed by atoms with Gasteiger partial charge >= 0.3 is 12.0 Å². The second kappa shape index (κ2) is 8.34. The first-order valence-electron chi connectivity index (χ1n) is 7.46. The number of esters is 1. The van der Waals surface area contributed by atoms with E-state index in [0.717, 1.165) is 0 Å². The molecule has 0 bridgehead atoms. The predicted molar refractivity (Wildman–Crippen MR) is 91.7 cm³/mol. The summed E-state index contributed by atoms with van der Waals surface area (Å²) < 4.78 is 15.0. The molecule has 1 aromatic heterocycles. The molecule has 1 heterocycles. The molecule has 0 atom stereocenters. The molecule has 0 saturated heterocycles. The summed E-state index contributed by atoms with van der Waals surface area (Å²) in [4.78, 5) is 40.0. The average Bonchev–Trinajstić information content (AvgIpc) is 2.94. The zero-order chi connectivity index (χ0) is 19.3. The lowest BCUT2D eigenvalue weighted by Gasteiger charge is -2.10. The van der Waals surface area contributed by atoms with Crippen molar-refractivity contribution in [2.45, 2.75) is 13.8 Å². The van der Waals surface area contributed by atoms with Crippen molar-refractivity contribution >= 4 is 35.4 Å². The van der Waals surface area contributed by atoms with Crippen LogP contribution in [0.3, 0.4) is 0 Å². The lowest BCUT2D eigenvalue weighted by atomic mass is 10.2. The molecule has 0 unspecified atom stereocenters. The smallest absolute Gasteiger partial charge is 0.362 e. The SMILES string of the molecule is CCOC(=O)c1nc(C)oc1NC(=O)NC(=O)c1c(Cl)cccc1OC. The van der Waals surface area contributed by atoms with Crippen molar-refractivity contribution in [3.05, 3.63) is 40.4 Å². The molecule has 10 heteroatoms. The summed E-state index contributed by atoms with van der Waals surface area (Å²) in [6.07, 6.45) is 0. The maximum atomic E-state index is 12.3. The molecule has 0 saturated carbocycles. The van der Waals surface area contributed by atoms with Crippen LogP contribution in [0.25, 0.3) is 0 Å². The number of hydrogen-bond donors (Lipinski definition) is 2. The molecule has 0 aliphatic rings. The number of nitrogens with one attached hydrogen (secondary N) is 2. The number of rotatable bonds is 5. The van der Waals surface area contributed by atoms with Gasteiger partial charge in [0, 0.05) is 6.92 Å². The Kier molecular flexibility index (Phi) is 6.18. The Balaban J connectivity index is 2.15.